The molecule has 4 aromatic rings. The van der Waals surface area contributed by atoms with Gasteiger partial charge in [-0.3, -0.25) is 4.40 Å². The van der Waals surface area contributed by atoms with Gasteiger partial charge in [0.2, 0.25) is 0 Å². The SMILES string of the molecule is COc1ccc(Oc2nc(-c3c(C)nc4c(Cl)cccn34)c(Cl)s2)cc1. The van der Waals surface area contributed by atoms with Crippen LogP contribution in [-0.2, 0) is 0 Å². The number of aromatic nitrogens is 3. The van der Waals surface area contributed by atoms with Crippen molar-refractivity contribution in [1.29, 1.82) is 0 Å². The largest absolute Gasteiger partial charge is 0.497 e. The van der Waals surface area contributed by atoms with Crippen molar-refractivity contribution in [3.05, 3.63) is 57.6 Å². The Hall–Kier alpha value is -2.28. The van der Waals surface area contributed by atoms with Crippen molar-refractivity contribution in [3.8, 4) is 28.1 Å². The van der Waals surface area contributed by atoms with E-state index in [1.165, 1.54) is 11.3 Å². The lowest BCUT2D eigenvalue weighted by atomic mass is 10.3. The summed E-state index contributed by atoms with van der Waals surface area (Å²) in [4.78, 5) is 9.08. The second-order valence-corrected chi connectivity index (χ2v) is 7.45. The molecule has 8 heteroatoms. The number of imidazole rings is 1. The average Bonchev–Trinajstić information content (AvgIpc) is 3.15. The Kier molecular flexibility index (Phi) is 4.48. The lowest BCUT2D eigenvalue weighted by Crippen LogP contribution is -1.91. The summed E-state index contributed by atoms with van der Waals surface area (Å²) in [5.41, 5.74) is 2.88. The smallest absolute Gasteiger partial charge is 0.280 e. The van der Waals surface area contributed by atoms with Gasteiger partial charge in [0.25, 0.3) is 5.19 Å². The third kappa shape index (κ3) is 3.00. The van der Waals surface area contributed by atoms with Crippen LogP contribution >= 0.6 is 34.5 Å². The van der Waals surface area contributed by atoms with Crippen LogP contribution in [0.2, 0.25) is 9.36 Å². The quantitative estimate of drug-likeness (QED) is 0.425. The van der Waals surface area contributed by atoms with E-state index in [0.29, 0.717) is 31.6 Å². The minimum Gasteiger partial charge on any atom is -0.497 e. The summed E-state index contributed by atoms with van der Waals surface area (Å²) >= 11 is 13.9. The molecule has 0 amide bonds. The number of thiazole rings is 1. The molecule has 0 bridgehead atoms. The topological polar surface area (TPSA) is 48.7 Å². The molecular weight excluding hydrogens is 393 g/mol. The summed E-state index contributed by atoms with van der Waals surface area (Å²) in [6.45, 7) is 1.90. The molecule has 0 saturated heterocycles. The number of fused-ring (bicyclic) bond motifs is 1. The van der Waals surface area contributed by atoms with Crippen molar-refractivity contribution in [2.45, 2.75) is 6.92 Å². The van der Waals surface area contributed by atoms with Gasteiger partial charge in [-0.25, -0.2) is 4.98 Å². The third-order valence-corrected chi connectivity index (χ3v) is 5.26. The first-order chi connectivity index (χ1) is 12.6. The van der Waals surface area contributed by atoms with Gasteiger partial charge in [0.1, 0.15) is 21.5 Å². The van der Waals surface area contributed by atoms with E-state index in [4.69, 9.17) is 32.7 Å². The first-order valence-electron chi connectivity index (χ1n) is 7.68. The van der Waals surface area contributed by atoms with Crippen molar-refractivity contribution < 1.29 is 9.47 Å². The van der Waals surface area contributed by atoms with Gasteiger partial charge in [-0.05, 0) is 43.3 Å². The van der Waals surface area contributed by atoms with E-state index in [-0.39, 0.29) is 0 Å². The second kappa shape index (κ2) is 6.79. The monoisotopic (exact) mass is 405 g/mol. The molecule has 132 valence electrons. The maximum absolute atomic E-state index is 6.44. The molecule has 0 unspecified atom stereocenters. The van der Waals surface area contributed by atoms with Gasteiger partial charge in [-0.2, -0.15) is 4.98 Å². The molecule has 26 heavy (non-hydrogen) atoms. The zero-order valence-corrected chi connectivity index (χ0v) is 16.2. The molecule has 0 aliphatic heterocycles. The average molecular weight is 406 g/mol. The summed E-state index contributed by atoms with van der Waals surface area (Å²) in [5.74, 6) is 1.41. The van der Waals surface area contributed by atoms with Crippen molar-refractivity contribution in [2.75, 3.05) is 7.11 Å². The molecule has 1 aromatic carbocycles. The Balaban J connectivity index is 1.73. The van der Waals surface area contributed by atoms with E-state index < -0.39 is 0 Å². The number of halogens is 2. The van der Waals surface area contributed by atoms with E-state index in [0.717, 1.165) is 17.1 Å². The summed E-state index contributed by atoms with van der Waals surface area (Å²) < 4.78 is 13.4. The number of aryl methyl sites for hydroxylation is 1. The summed E-state index contributed by atoms with van der Waals surface area (Å²) in [5, 5.41) is 1.02. The van der Waals surface area contributed by atoms with Gasteiger partial charge in [0.05, 0.1) is 23.5 Å². The molecule has 0 saturated carbocycles. The van der Waals surface area contributed by atoms with Gasteiger partial charge >= 0.3 is 0 Å². The fourth-order valence-corrected chi connectivity index (χ4v) is 3.85. The highest BCUT2D eigenvalue weighted by atomic mass is 35.5. The van der Waals surface area contributed by atoms with Crippen molar-refractivity contribution in [3.63, 3.8) is 0 Å². The lowest BCUT2D eigenvalue weighted by Gasteiger charge is -2.03. The molecule has 0 atom stereocenters. The van der Waals surface area contributed by atoms with Crippen LogP contribution in [0.3, 0.4) is 0 Å². The molecule has 0 aliphatic rings. The molecule has 0 fully saturated rings. The van der Waals surface area contributed by atoms with Gasteiger partial charge in [0, 0.05) is 6.20 Å². The van der Waals surface area contributed by atoms with Gasteiger partial charge < -0.3 is 9.47 Å². The number of nitrogens with zero attached hydrogens (tertiary/aromatic N) is 3. The number of hydrogen-bond donors (Lipinski definition) is 0. The zero-order chi connectivity index (χ0) is 18.3. The first-order valence-corrected chi connectivity index (χ1v) is 9.26. The Morgan fingerprint density at radius 1 is 1.04 bits per heavy atom. The maximum atomic E-state index is 6.44. The highest BCUT2D eigenvalue weighted by Gasteiger charge is 2.20. The highest BCUT2D eigenvalue weighted by Crippen LogP contribution is 2.40. The minimum absolute atomic E-state index is 0.451. The van der Waals surface area contributed by atoms with Crippen LogP contribution in [-0.4, -0.2) is 21.5 Å². The molecular formula is C18H13Cl2N3O2S. The molecule has 0 radical (unpaired) electrons. The standard InChI is InChI=1S/C18H13Cl2N3O2S/c1-10-15(23-9-3-4-13(19)17(23)21-10)14-16(20)26-18(22-14)25-12-7-5-11(24-2)6-8-12/h3-9H,1-2H3. The van der Waals surface area contributed by atoms with Crippen LogP contribution in [0.5, 0.6) is 16.7 Å². The van der Waals surface area contributed by atoms with Crippen LogP contribution in [0.4, 0.5) is 0 Å². The van der Waals surface area contributed by atoms with E-state index >= 15 is 0 Å². The highest BCUT2D eigenvalue weighted by molar-refractivity contribution is 7.18. The summed E-state index contributed by atoms with van der Waals surface area (Å²) in [6.07, 6.45) is 1.89. The normalized spacial score (nSPS) is 11.1. The molecule has 0 N–H and O–H groups in total. The van der Waals surface area contributed by atoms with Crippen LogP contribution in [0.25, 0.3) is 17.0 Å². The van der Waals surface area contributed by atoms with Crippen LogP contribution in [0.1, 0.15) is 5.69 Å². The van der Waals surface area contributed by atoms with Gasteiger partial charge in [-0.1, -0.05) is 34.5 Å². The lowest BCUT2D eigenvalue weighted by molar-refractivity contribution is 0.412. The van der Waals surface area contributed by atoms with E-state index in [1.54, 1.807) is 13.2 Å². The summed E-state index contributed by atoms with van der Waals surface area (Å²) in [7, 11) is 1.62. The van der Waals surface area contributed by atoms with Crippen LogP contribution in [0, 0.1) is 6.92 Å². The predicted molar refractivity (Wildman–Crippen MR) is 104 cm³/mol. The second-order valence-electron chi connectivity index (χ2n) is 5.48. The number of pyridine rings is 1. The Morgan fingerprint density at radius 2 is 1.77 bits per heavy atom. The van der Waals surface area contributed by atoms with Crippen molar-refractivity contribution >= 4 is 40.2 Å². The zero-order valence-electron chi connectivity index (χ0n) is 13.9. The molecule has 3 aromatic heterocycles. The minimum atomic E-state index is 0.451. The van der Waals surface area contributed by atoms with Crippen LogP contribution < -0.4 is 9.47 Å². The van der Waals surface area contributed by atoms with Crippen LogP contribution in [0.15, 0.2) is 42.6 Å². The van der Waals surface area contributed by atoms with E-state index in [9.17, 15) is 0 Å². The molecule has 0 aliphatic carbocycles. The Labute approximate surface area is 163 Å². The van der Waals surface area contributed by atoms with Crippen molar-refractivity contribution in [1.82, 2.24) is 14.4 Å². The fraction of sp³-hybridized carbons (Fsp3) is 0.111. The third-order valence-electron chi connectivity index (χ3n) is 3.83. The fourth-order valence-electron chi connectivity index (χ4n) is 2.65. The summed E-state index contributed by atoms with van der Waals surface area (Å²) in [6, 6.07) is 10.9. The van der Waals surface area contributed by atoms with E-state index in [1.807, 2.05) is 47.9 Å². The molecule has 0 spiro atoms. The molecule has 5 nitrogen and oxygen atoms in total. The first kappa shape index (κ1) is 17.1. The number of methoxy groups -OCH3 is 1. The molecule has 3 heterocycles. The Morgan fingerprint density at radius 3 is 2.50 bits per heavy atom. The van der Waals surface area contributed by atoms with Gasteiger partial charge in [-0.15, -0.1) is 0 Å². The van der Waals surface area contributed by atoms with Crippen molar-refractivity contribution in [2.24, 2.45) is 0 Å². The maximum Gasteiger partial charge on any atom is 0.280 e. The van der Waals surface area contributed by atoms with Gasteiger partial charge in [0.15, 0.2) is 5.65 Å². The Bertz CT molecular complexity index is 1090. The van der Waals surface area contributed by atoms with E-state index in [2.05, 4.69) is 9.97 Å². The number of benzene rings is 1. The number of ether oxygens (including phenoxy) is 2. The number of hydrogen-bond acceptors (Lipinski definition) is 5. The number of rotatable bonds is 4. The molecule has 4 rings (SSSR count). The predicted octanol–water partition coefficient (Wildman–Crippen LogP) is 5.87.